The Bertz CT molecular complexity index is 1490. The molecule has 1 aromatic heterocycles. The first-order valence-corrected chi connectivity index (χ1v) is 13.2. The van der Waals surface area contributed by atoms with Gasteiger partial charge < -0.3 is 20.9 Å². The normalized spacial score (nSPS) is 17.5. The van der Waals surface area contributed by atoms with Gasteiger partial charge >= 0.3 is 6.09 Å². The van der Waals surface area contributed by atoms with Crippen LogP contribution in [0.5, 0.6) is 0 Å². The van der Waals surface area contributed by atoms with Crippen molar-refractivity contribution in [2.24, 2.45) is 5.73 Å². The molecule has 0 spiro atoms. The topological polar surface area (TPSA) is 135 Å². The van der Waals surface area contributed by atoms with E-state index in [4.69, 9.17) is 10.5 Å². The summed E-state index contributed by atoms with van der Waals surface area (Å²) < 4.78 is 47.8. The van der Waals surface area contributed by atoms with Crippen LogP contribution >= 0.6 is 0 Å². The van der Waals surface area contributed by atoms with Gasteiger partial charge in [0, 0.05) is 24.2 Å². The van der Waals surface area contributed by atoms with Crippen LogP contribution in [0.15, 0.2) is 54.7 Å². The molecule has 0 saturated carbocycles. The van der Waals surface area contributed by atoms with Crippen LogP contribution in [0.2, 0.25) is 0 Å². The first-order valence-electron chi connectivity index (χ1n) is 13.2. The number of aliphatic hydroxyl groups excluding tert-OH is 1. The van der Waals surface area contributed by atoms with Gasteiger partial charge in [-0.05, 0) is 68.7 Å². The molecule has 222 valence electrons. The predicted molar refractivity (Wildman–Crippen MR) is 146 cm³/mol. The number of halogens is 3. The van der Waals surface area contributed by atoms with Gasteiger partial charge in [-0.1, -0.05) is 12.1 Å². The second-order valence-electron chi connectivity index (χ2n) is 11.1. The molecule has 3 aromatic rings. The molecule has 1 fully saturated rings. The Morgan fingerprint density at radius 2 is 1.81 bits per heavy atom. The molecule has 2 unspecified atom stereocenters. The minimum absolute atomic E-state index is 0.0681. The molecule has 0 aliphatic carbocycles. The predicted octanol–water partition coefficient (Wildman–Crippen LogP) is 4.04. The van der Waals surface area contributed by atoms with Crippen LogP contribution in [-0.4, -0.2) is 57.2 Å². The van der Waals surface area contributed by atoms with Crippen molar-refractivity contribution in [3.05, 3.63) is 89.0 Å². The van der Waals surface area contributed by atoms with Crippen LogP contribution in [0, 0.1) is 17.5 Å². The average Bonchev–Trinajstić information content (AvgIpc) is 3.29. The molecule has 4 N–H and O–H groups in total. The van der Waals surface area contributed by atoms with E-state index in [1.54, 1.807) is 32.9 Å². The van der Waals surface area contributed by atoms with E-state index in [9.17, 15) is 32.7 Å². The molecule has 0 bridgehead atoms. The fourth-order valence-electron chi connectivity index (χ4n) is 4.85. The molecule has 9 nitrogen and oxygen atoms in total. The Morgan fingerprint density at radius 1 is 1.12 bits per heavy atom. The monoisotopic (exact) mass is 584 g/mol. The highest BCUT2D eigenvalue weighted by molar-refractivity contribution is 5.94. The van der Waals surface area contributed by atoms with Gasteiger partial charge in [0.05, 0.1) is 29.9 Å². The molecule has 2 heterocycles. The third-order valence-electron chi connectivity index (χ3n) is 6.60. The number of aliphatic hydroxyl groups is 1. The van der Waals surface area contributed by atoms with E-state index in [-0.39, 0.29) is 36.2 Å². The van der Waals surface area contributed by atoms with Crippen LogP contribution in [0.1, 0.15) is 54.8 Å². The quantitative estimate of drug-likeness (QED) is 0.384. The van der Waals surface area contributed by atoms with Crippen LogP contribution < -0.4 is 11.1 Å². The van der Waals surface area contributed by atoms with Crippen molar-refractivity contribution in [1.82, 2.24) is 15.2 Å². The van der Waals surface area contributed by atoms with E-state index < -0.39 is 59.1 Å². The molecule has 12 heteroatoms. The molecule has 1 aliphatic heterocycles. The molecule has 0 radical (unpaired) electrons. The van der Waals surface area contributed by atoms with Gasteiger partial charge in [0.25, 0.3) is 5.91 Å². The Morgan fingerprint density at radius 3 is 2.45 bits per heavy atom. The van der Waals surface area contributed by atoms with Gasteiger partial charge in [0.2, 0.25) is 5.91 Å². The smallest absolute Gasteiger partial charge is 0.411 e. The maximum atomic E-state index is 14.2. The number of carbonyl (C=O) groups is 3. The number of pyridine rings is 1. The zero-order valence-electron chi connectivity index (χ0n) is 23.2. The van der Waals surface area contributed by atoms with Crippen molar-refractivity contribution in [2.45, 2.75) is 57.4 Å². The Kier molecular flexibility index (Phi) is 8.86. The lowest BCUT2D eigenvalue weighted by atomic mass is 9.94. The Labute approximate surface area is 240 Å². The molecule has 3 amide bonds. The van der Waals surface area contributed by atoms with Gasteiger partial charge in [0.15, 0.2) is 0 Å². The highest BCUT2D eigenvalue weighted by Crippen LogP contribution is 2.31. The summed E-state index contributed by atoms with van der Waals surface area (Å²) in [6.45, 7) is 4.88. The lowest BCUT2D eigenvalue weighted by Crippen LogP contribution is -2.48. The number of hydrogen-bond donors (Lipinski definition) is 3. The molecular weight excluding hydrogens is 553 g/mol. The second kappa shape index (κ2) is 12.2. The van der Waals surface area contributed by atoms with Crippen molar-refractivity contribution < 1.29 is 37.4 Å². The summed E-state index contributed by atoms with van der Waals surface area (Å²) in [6.07, 6.45) is -0.528. The van der Waals surface area contributed by atoms with Gasteiger partial charge in [-0.3, -0.25) is 19.5 Å². The van der Waals surface area contributed by atoms with E-state index in [0.29, 0.717) is 17.2 Å². The third-order valence-corrected chi connectivity index (χ3v) is 6.60. The molecule has 1 aliphatic rings. The van der Waals surface area contributed by atoms with Gasteiger partial charge in [-0.2, -0.15) is 0 Å². The van der Waals surface area contributed by atoms with E-state index in [0.717, 1.165) is 23.1 Å². The molecule has 42 heavy (non-hydrogen) atoms. The third kappa shape index (κ3) is 7.24. The first kappa shape index (κ1) is 30.5. The summed E-state index contributed by atoms with van der Waals surface area (Å²) in [5.74, 6) is -4.11. The van der Waals surface area contributed by atoms with Crippen LogP contribution in [0.4, 0.5) is 18.0 Å². The number of nitrogens with one attached hydrogen (secondary N) is 1. The van der Waals surface area contributed by atoms with Gasteiger partial charge in [-0.25, -0.2) is 18.0 Å². The second-order valence-corrected chi connectivity index (χ2v) is 11.1. The fraction of sp³-hybridized carbons (Fsp3) is 0.333. The molecule has 4 rings (SSSR count). The minimum Gasteiger partial charge on any atom is -0.444 e. The van der Waals surface area contributed by atoms with E-state index in [1.807, 2.05) is 0 Å². The van der Waals surface area contributed by atoms with Crippen LogP contribution in [0.25, 0.3) is 11.1 Å². The molecule has 3 atom stereocenters. The summed E-state index contributed by atoms with van der Waals surface area (Å²) in [4.78, 5) is 43.8. The number of primary amides is 1. The number of benzene rings is 2. The van der Waals surface area contributed by atoms with Crippen molar-refractivity contribution in [3.8, 4) is 11.1 Å². The van der Waals surface area contributed by atoms with Crippen LogP contribution in [-0.2, 0) is 16.0 Å². The summed E-state index contributed by atoms with van der Waals surface area (Å²) in [7, 11) is 0. The maximum absolute atomic E-state index is 14.2. The van der Waals surface area contributed by atoms with E-state index >= 15 is 0 Å². The highest BCUT2D eigenvalue weighted by atomic mass is 19.1. The zero-order chi connectivity index (χ0) is 30.8. The number of ether oxygens (including phenoxy) is 1. The van der Waals surface area contributed by atoms with E-state index in [2.05, 4.69) is 10.3 Å². The fourth-order valence-corrected chi connectivity index (χ4v) is 4.85. The maximum Gasteiger partial charge on any atom is 0.411 e. The SMILES string of the molecule is CC(C)(C)OC(=O)N1CC(O)CC1C(=O)N[C@@H](Cc1cc(F)cc(F)c1)c1ncccc1-c1ccc(F)c(C(N)=O)c1. The molecule has 1 saturated heterocycles. The standard InChI is InChI=1S/C30H31F3N4O5/c1-30(2,3)42-29(41)37-15-20(38)14-25(37)28(40)36-24(11-16-9-18(31)13-19(32)10-16)26-21(5-4-8-35-26)17-6-7-23(33)22(12-17)27(34)39/h4-10,12-13,20,24-25,38H,11,14-15H2,1-3H3,(H2,34,39)(H,36,40)/t20?,24-,25?/m0/s1. The lowest BCUT2D eigenvalue weighted by Gasteiger charge is -2.29. The summed E-state index contributed by atoms with van der Waals surface area (Å²) in [5.41, 5.74) is 5.29. The number of aromatic nitrogens is 1. The number of hydrogen-bond acceptors (Lipinski definition) is 6. The summed E-state index contributed by atoms with van der Waals surface area (Å²) in [6, 6.07) is 7.74. The van der Waals surface area contributed by atoms with Crippen molar-refractivity contribution in [1.29, 1.82) is 0 Å². The highest BCUT2D eigenvalue weighted by Gasteiger charge is 2.41. The zero-order valence-corrected chi connectivity index (χ0v) is 23.2. The molecular formula is C30H31F3N4O5. The lowest BCUT2D eigenvalue weighted by molar-refractivity contribution is -0.126. The Hall–Kier alpha value is -4.45. The number of carbonyl (C=O) groups excluding carboxylic acids is 3. The average molecular weight is 585 g/mol. The van der Waals surface area contributed by atoms with Crippen molar-refractivity contribution in [3.63, 3.8) is 0 Å². The number of β-amino-alcohol motifs (C(OH)–C–C–N with tert-alkyl or cyclic N) is 1. The van der Waals surface area contributed by atoms with Gasteiger partial charge in [0.1, 0.15) is 29.1 Å². The Balaban J connectivity index is 1.74. The number of nitrogens with zero attached hydrogens (tertiary/aromatic N) is 2. The summed E-state index contributed by atoms with van der Waals surface area (Å²) in [5, 5.41) is 13.1. The molecule has 2 aromatic carbocycles. The number of rotatable bonds is 7. The van der Waals surface area contributed by atoms with E-state index in [1.165, 1.54) is 18.3 Å². The largest absolute Gasteiger partial charge is 0.444 e. The number of nitrogens with two attached hydrogens (primary N) is 1. The number of amides is 3. The van der Waals surface area contributed by atoms with Gasteiger partial charge in [-0.15, -0.1) is 0 Å². The first-order chi connectivity index (χ1) is 19.7. The van der Waals surface area contributed by atoms with Crippen molar-refractivity contribution in [2.75, 3.05) is 6.54 Å². The summed E-state index contributed by atoms with van der Waals surface area (Å²) >= 11 is 0. The number of likely N-dealkylation sites (tertiary alicyclic amines) is 1. The van der Waals surface area contributed by atoms with Crippen molar-refractivity contribution >= 4 is 17.9 Å². The minimum atomic E-state index is -1.11. The van der Waals surface area contributed by atoms with Crippen LogP contribution in [0.3, 0.4) is 0 Å².